The Morgan fingerprint density at radius 1 is 1.19 bits per heavy atom. The van der Waals surface area contributed by atoms with E-state index in [9.17, 15) is 19.8 Å². The van der Waals surface area contributed by atoms with Crippen LogP contribution >= 0.6 is 0 Å². The van der Waals surface area contributed by atoms with Crippen LogP contribution in [0.25, 0.3) is 11.0 Å². The number of fused-ring (bicyclic) bond motifs is 2. The fourth-order valence-corrected chi connectivity index (χ4v) is 4.04. The molecule has 4 aromatic rings. The van der Waals surface area contributed by atoms with E-state index >= 15 is 0 Å². The van der Waals surface area contributed by atoms with Crippen LogP contribution in [0.1, 0.15) is 27.0 Å². The summed E-state index contributed by atoms with van der Waals surface area (Å²) in [5, 5.41) is 21.2. The first-order chi connectivity index (χ1) is 15.4. The Bertz CT molecular complexity index is 1350. The maximum atomic E-state index is 13.3. The Morgan fingerprint density at radius 3 is 2.75 bits per heavy atom. The van der Waals surface area contributed by atoms with Crippen LogP contribution in [0.5, 0.6) is 0 Å². The molecule has 0 spiro atoms. The normalized spacial score (nSPS) is 17.6. The van der Waals surface area contributed by atoms with Crippen LogP contribution in [0, 0.1) is 0 Å². The fourth-order valence-electron chi connectivity index (χ4n) is 4.04. The molecule has 1 aliphatic rings. The van der Waals surface area contributed by atoms with Crippen LogP contribution in [0.15, 0.2) is 67.0 Å². The third-order valence-corrected chi connectivity index (χ3v) is 5.71. The van der Waals surface area contributed by atoms with Gasteiger partial charge in [0.05, 0.1) is 17.6 Å². The second-order valence-electron chi connectivity index (χ2n) is 7.60. The molecule has 0 radical (unpaired) electrons. The van der Waals surface area contributed by atoms with Crippen LogP contribution in [0.2, 0.25) is 0 Å². The lowest BCUT2D eigenvalue weighted by atomic mass is 9.93. The first kappa shape index (κ1) is 19.7. The van der Waals surface area contributed by atoms with Gasteiger partial charge >= 0.3 is 6.09 Å². The molecule has 0 fully saturated rings. The quantitative estimate of drug-likeness (QED) is 0.458. The van der Waals surface area contributed by atoms with E-state index in [2.05, 4.69) is 15.0 Å². The number of rotatable bonds is 4. The van der Waals surface area contributed by atoms with Gasteiger partial charge in [0.25, 0.3) is 5.91 Å². The zero-order valence-electron chi connectivity index (χ0n) is 17.1. The molecule has 1 unspecified atom stereocenters. The van der Waals surface area contributed by atoms with Crippen molar-refractivity contribution in [2.45, 2.75) is 12.3 Å². The maximum Gasteiger partial charge on any atom is 0.413 e. The number of carbonyl (C=O) groups is 2. The molecule has 2 aromatic carbocycles. The fraction of sp³-hybridized carbons (Fsp3) is 0.130. The molecular formula is C23H19N5O4. The van der Waals surface area contributed by atoms with E-state index in [1.165, 1.54) is 11.9 Å². The summed E-state index contributed by atoms with van der Waals surface area (Å²) in [7, 11) is 1.38. The van der Waals surface area contributed by atoms with Crippen LogP contribution < -0.4 is 4.90 Å². The van der Waals surface area contributed by atoms with E-state index in [1.54, 1.807) is 60.9 Å². The third-order valence-electron chi connectivity index (χ3n) is 5.71. The first-order valence-electron chi connectivity index (χ1n) is 9.89. The topological polar surface area (TPSA) is 123 Å². The molecule has 9 heteroatoms. The number of aromatic nitrogens is 3. The van der Waals surface area contributed by atoms with E-state index in [-0.39, 0.29) is 18.4 Å². The maximum absolute atomic E-state index is 13.3. The lowest BCUT2D eigenvalue weighted by Gasteiger charge is -2.35. The molecule has 32 heavy (non-hydrogen) atoms. The van der Waals surface area contributed by atoms with Gasteiger partial charge in [-0.15, -0.1) is 0 Å². The van der Waals surface area contributed by atoms with Gasteiger partial charge in [0.15, 0.2) is 5.72 Å². The number of nitrogens with zero attached hydrogens (tertiary/aromatic N) is 4. The number of carbonyl (C=O) groups excluding carboxylic acids is 1. The molecule has 3 heterocycles. The van der Waals surface area contributed by atoms with Gasteiger partial charge in [0.2, 0.25) is 5.95 Å². The molecule has 0 bridgehead atoms. The SMILES string of the molecule is CN(C(=O)O)c1nc2cc(C3(O)c4ccccc4C(=O)N3Cc3cccnc3)ccc2[nH]1. The molecule has 0 saturated heterocycles. The molecule has 1 aliphatic heterocycles. The molecule has 5 rings (SSSR count). The minimum Gasteiger partial charge on any atom is -0.465 e. The second kappa shape index (κ2) is 7.17. The summed E-state index contributed by atoms with van der Waals surface area (Å²) >= 11 is 0. The van der Waals surface area contributed by atoms with Crippen molar-refractivity contribution >= 4 is 29.0 Å². The van der Waals surface area contributed by atoms with Crippen molar-refractivity contribution in [1.29, 1.82) is 0 Å². The standard InChI is InChI=1S/C23H19N5O4/c1-27(22(30)31)21-25-18-9-8-15(11-19(18)26-21)23(32)17-7-3-2-6-16(17)20(29)28(23)13-14-5-4-10-24-12-14/h2-12,32H,13H2,1H3,(H,25,26)(H,30,31). The van der Waals surface area contributed by atoms with Crippen LogP contribution in [-0.4, -0.2) is 49.1 Å². The number of aromatic amines is 1. The average molecular weight is 429 g/mol. The van der Waals surface area contributed by atoms with E-state index < -0.39 is 11.8 Å². The lowest BCUT2D eigenvalue weighted by Crippen LogP contribution is -2.44. The number of hydrogen-bond donors (Lipinski definition) is 3. The second-order valence-corrected chi connectivity index (χ2v) is 7.60. The summed E-state index contributed by atoms with van der Waals surface area (Å²) in [5.74, 6) is -0.132. The Hall–Kier alpha value is -4.24. The van der Waals surface area contributed by atoms with E-state index in [0.29, 0.717) is 27.7 Å². The van der Waals surface area contributed by atoms with E-state index in [0.717, 1.165) is 10.5 Å². The summed E-state index contributed by atoms with van der Waals surface area (Å²) in [6.07, 6.45) is 2.15. The lowest BCUT2D eigenvalue weighted by molar-refractivity contribution is -0.0542. The van der Waals surface area contributed by atoms with E-state index in [4.69, 9.17) is 0 Å². The minimum atomic E-state index is -1.73. The molecule has 0 aliphatic carbocycles. The highest BCUT2D eigenvalue weighted by Gasteiger charge is 2.49. The highest BCUT2D eigenvalue weighted by molar-refractivity contribution is 6.00. The van der Waals surface area contributed by atoms with Crippen molar-refractivity contribution in [3.8, 4) is 0 Å². The largest absolute Gasteiger partial charge is 0.465 e. The van der Waals surface area contributed by atoms with Gasteiger partial charge in [-0.2, -0.15) is 0 Å². The van der Waals surface area contributed by atoms with Gasteiger partial charge in [-0.05, 0) is 29.8 Å². The molecule has 2 amide bonds. The highest BCUT2D eigenvalue weighted by Crippen LogP contribution is 2.43. The average Bonchev–Trinajstić information content (AvgIpc) is 3.33. The smallest absolute Gasteiger partial charge is 0.413 e. The molecule has 0 saturated carbocycles. The number of hydrogen-bond acceptors (Lipinski definition) is 5. The third kappa shape index (κ3) is 2.90. The molecular weight excluding hydrogens is 410 g/mol. The summed E-state index contributed by atoms with van der Waals surface area (Å²) < 4.78 is 0. The molecule has 1 atom stereocenters. The number of pyridine rings is 1. The molecule has 9 nitrogen and oxygen atoms in total. The first-order valence-corrected chi connectivity index (χ1v) is 9.89. The van der Waals surface area contributed by atoms with Crippen molar-refractivity contribution in [3.63, 3.8) is 0 Å². The Labute approximate surface area is 182 Å². The van der Waals surface area contributed by atoms with Crippen LogP contribution in [0.4, 0.5) is 10.7 Å². The monoisotopic (exact) mass is 429 g/mol. The number of imidazole rings is 1. The van der Waals surface area contributed by atoms with Gasteiger partial charge in [-0.1, -0.05) is 30.3 Å². The number of nitrogens with one attached hydrogen (secondary N) is 1. The van der Waals surface area contributed by atoms with Gasteiger partial charge in [0, 0.05) is 36.1 Å². The summed E-state index contributed by atoms with van der Waals surface area (Å²) in [4.78, 5) is 38.3. The number of carboxylic acid groups (broad SMARTS) is 1. The van der Waals surface area contributed by atoms with Crippen molar-refractivity contribution in [2.75, 3.05) is 11.9 Å². The zero-order chi connectivity index (χ0) is 22.5. The minimum absolute atomic E-state index is 0.156. The molecule has 2 aromatic heterocycles. The van der Waals surface area contributed by atoms with Crippen molar-refractivity contribution in [2.24, 2.45) is 0 Å². The number of aliphatic hydroxyl groups is 1. The van der Waals surface area contributed by atoms with Crippen molar-refractivity contribution in [1.82, 2.24) is 19.9 Å². The van der Waals surface area contributed by atoms with Gasteiger partial charge < -0.3 is 15.2 Å². The highest BCUT2D eigenvalue weighted by atomic mass is 16.4. The number of anilines is 1. The number of amides is 2. The Balaban J connectivity index is 1.65. The number of benzene rings is 2. The van der Waals surface area contributed by atoms with Crippen LogP contribution in [-0.2, 0) is 12.3 Å². The Morgan fingerprint density at radius 2 is 2.00 bits per heavy atom. The van der Waals surface area contributed by atoms with Crippen molar-refractivity contribution in [3.05, 3.63) is 89.2 Å². The summed E-state index contributed by atoms with van der Waals surface area (Å²) in [5.41, 5.74) is 1.48. The van der Waals surface area contributed by atoms with Gasteiger partial charge in [-0.25, -0.2) is 9.78 Å². The van der Waals surface area contributed by atoms with Gasteiger partial charge in [0.1, 0.15) is 0 Å². The van der Waals surface area contributed by atoms with Gasteiger partial charge in [-0.3, -0.25) is 19.6 Å². The number of H-pyrrole nitrogens is 1. The molecule has 3 N–H and O–H groups in total. The molecule has 160 valence electrons. The zero-order valence-corrected chi connectivity index (χ0v) is 17.1. The van der Waals surface area contributed by atoms with Crippen LogP contribution in [0.3, 0.4) is 0 Å². The van der Waals surface area contributed by atoms with Crippen molar-refractivity contribution < 1.29 is 19.8 Å². The summed E-state index contributed by atoms with van der Waals surface area (Å²) in [6, 6.07) is 15.7. The predicted molar refractivity (Wildman–Crippen MR) is 116 cm³/mol. The van der Waals surface area contributed by atoms with E-state index in [1.807, 2.05) is 6.07 Å². The Kier molecular flexibility index (Phi) is 4.42. The summed E-state index contributed by atoms with van der Waals surface area (Å²) in [6.45, 7) is 0.156. The predicted octanol–water partition coefficient (Wildman–Crippen LogP) is 2.92.